The van der Waals surface area contributed by atoms with Crippen LogP contribution in [0.3, 0.4) is 0 Å². The fourth-order valence-corrected chi connectivity index (χ4v) is 4.38. The van der Waals surface area contributed by atoms with Crippen molar-refractivity contribution in [2.24, 2.45) is 0 Å². The molecule has 0 atom stereocenters. The summed E-state index contributed by atoms with van der Waals surface area (Å²) in [4.78, 5) is 11.5. The second-order valence-corrected chi connectivity index (χ2v) is 8.05. The summed E-state index contributed by atoms with van der Waals surface area (Å²) >= 11 is 12.2. The van der Waals surface area contributed by atoms with E-state index in [1.165, 1.54) is 37.7 Å². The molecule has 0 unspecified atom stereocenters. The summed E-state index contributed by atoms with van der Waals surface area (Å²) < 4.78 is 5.64. The van der Waals surface area contributed by atoms with Crippen molar-refractivity contribution in [2.75, 3.05) is 11.2 Å². The highest BCUT2D eigenvalue weighted by Crippen LogP contribution is 2.41. The molecule has 1 aliphatic carbocycles. The first-order valence-corrected chi connectivity index (χ1v) is 10.8. The van der Waals surface area contributed by atoms with E-state index in [0.717, 1.165) is 16.8 Å². The SMILES string of the molecule is O=C(CCl)Nc1cccc(-c2cc(-c3c(Cl)cccc3C3CCCCC3)no2)c1. The minimum Gasteiger partial charge on any atom is -0.356 e. The van der Waals surface area contributed by atoms with E-state index in [9.17, 15) is 4.79 Å². The summed E-state index contributed by atoms with van der Waals surface area (Å²) in [6.45, 7) is 0. The lowest BCUT2D eigenvalue weighted by molar-refractivity contribution is -0.113. The largest absolute Gasteiger partial charge is 0.356 e. The van der Waals surface area contributed by atoms with E-state index >= 15 is 0 Å². The van der Waals surface area contributed by atoms with E-state index in [-0.39, 0.29) is 11.8 Å². The summed E-state index contributed by atoms with van der Waals surface area (Å²) in [7, 11) is 0. The van der Waals surface area contributed by atoms with Crippen LogP contribution in [-0.4, -0.2) is 16.9 Å². The first-order chi connectivity index (χ1) is 14.2. The van der Waals surface area contributed by atoms with E-state index < -0.39 is 0 Å². The molecule has 1 aliphatic rings. The highest BCUT2D eigenvalue weighted by atomic mass is 35.5. The number of rotatable bonds is 5. The van der Waals surface area contributed by atoms with Crippen molar-refractivity contribution >= 4 is 34.8 Å². The second-order valence-electron chi connectivity index (χ2n) is 7.38. The van der Waals surface area contributed by atoms with Crippen LogP contribution in [0.4, 0.5) is 5.69 Å². The number of aromatic nitrogens is 1. The number of carbonyl (C=O) groups is 1. The zero-order chi connectivity index (χ0) is 20.2. The first-order valence-electron chi connectivity index (χ1n) is 9.87. The van der Waals surface area contributed by atoms with Gasteiger partial charge in [-0.15, -0.1) is 11.6 Å². The van der Waals surface area contributed by atoms with Crippen LogP contribution in [0.2, 0.25) is 5.02 Å². The van der Waals surface area contributed by atoms with Gasteiger partial charge in [0.25, 0.3) is 0 Å². The fourth-order valence-electron chi connectivity index (χ4n) is 4.04. The zero-order valence-electron chi connectivity index (χ0n) is 16.0. The predicted octanol–water partition coefficient (Wildman–Crippen LogP) is 6.89. The third kappa shape index (κ3) is 4.49. The van der Waals surface area contributed by atoms with E-state index in [0.29, 0.717) is 22.4 Å². The minimum atomic E-state index is -0.254. The molecule has 1 saturated carbocycles. The molecule has 1 heterocycles. The summed E-state index contributed by atoms with van der Waals surface area (Å²) in [5.41, 5.74) is 4.43. The Morgan fingerprint density at radius 2 is 1.90 bits per heavy atom. The van der Waals surface area contributed by atoms with Crippen molar-refractivity contribution < 1.29 is 9.32 Å². The van der Waals surface area contributed by atoms with Crippen LogP contribution in [0, 0.1) is 0 Å². The van der Waals surface area contributed by atoms with Gasteiger partial charge in [-0.1, -0.05) is 60.3 Å². The minimum absolute atomic E-state index is 0.0901. The number of alkyl halides is 1. The molecule has 2 aromatic carbocycles. The summed E-state index contributed by atoms with van der Waals surface area (Å²) in [5.74, 6) is 0.783. The maximum atomic E-state index is 11.5. The third-order valence-corrected chi connectivity index (χ3v) is 5.97. The molecular formula is C23H22Cl2N2O2. The molecule has 6 heteroatoms. The lowest BCUT2D eigenvalue weighted by Crippen LogP contribution is -2.12. The van der Waals surface area contributed by atoms with Crippen molar-refractivity contribution in [1.82, 2.24) is 5.16 Å². The molecule has 3 aromatic rings. The molecular weight excluding hydrogens is 407 g/mol. The Morgan fingerprint density at radius 3 is 2.69 bits per heavy atom. The third-order valence-electron chi connectivity index (χ3n) is 5.41. The van der Waals surface area contributed by atoms with Gasteiger partial charge in [0.2, 0.25) is 5.91 Å². The average molecular weight is 429 g/mol. The van der Waals surface area contributed by atoms with Crippen molar-refractivity contribution in [3.8, 4) is 22.6 Å². The van der Waals surface area contributed by atoms with Gasteiger partial charge in [-0.25, -0.2) is 0 Å². The molecule has 1 fully saturated rings. The maximum absolute atomic E-state index is 11.5. The van der Waals surface area contributed by atoms with Gasteiger partial charge in [0, 0.05) is 22.9 Å². The second kappa shape index (κ2) is 9.02. The normalized spacial score (nSPS) is 14.7. The van der Waals surface area contributed by atoms with Crippen LogP contribution < -0.4 is 5.32 Å². The Labute approximate surface area is 180 Å². The Hall–Kier alpha value is -2.30. The van der Waals surface area contributed by atoms with Crippen LogP contribution in [0.15, 0.2) is 53.1 Å². The molecule has 4 rings (SSSR count). The first kappa shape index (κ1) is 20.0. The highest BCUT2D eigenvalue weighted by molar-refractivity contribution is 6.33. The Kier molecular flexibility index (Phi) is 6.22. The van der Waals surface area contributed by atoms with Gasteiger partial charge in [0.05, 0.1) is 5.02 Å². The lowest BCUT2D eigenvalue weighted by Gasteiger charge is -2.24. The molecule has 0 radical (unpaired) electrons. The Morgan fingerprint density at radius 1 is 1.10 bits per heavy atom. The van der Waals surface area contributed by atoms with E-state index in [4.69, 9.17) is 27.7 Å². The van der Waals surface area contributed by atoms with Crippen LogP contribution in [0.5, 0.6) is 0 Å². The molecule has 1 N–H and O–H groups in total. The van der Waals surface area contributed by atoms with Gasteiger partial charge in [-0.05, 0) is 42.5 Å². The maximum Gasteiger partial charge on any atom is 0.239 e. The van der Waals surface area contributed by atoms with E-state index in [1.807, 2.05) is 36.4 Å². The summed E-state index contributed by atoms with van der Waals surface area (Å²) in [6.07, 6.45) is 6.17. The number of carbonyl (C=O) groups excluding carboxylic acids is 1. The molecule has 1 aromatic heterocycles. The summed E-state index contributed by atoms with van der Waals surface area (Å²) in [5, 5.41) is 7.76. The smallest absolute Gasteiger partial charge is 0.239 e. The quantitative estimate of drug-likeness (QED) is 0.450. The number of hydrogen-bond acceptors (Lipinski definition) is 3. The Bertz CT molecular complexity index is 1010. The predicted molar refractivity (Wildman–Crippen MR) is 118 cm³/mol. The molecule has 29 heavy (non-hydrogen) atoms. The van der Waals surface area contributed by atoms with Crippen molar-refractivity contribution in [3.63, 3.8) is 0 Å². The molecule has 4 nitrogen and oxygen atoms in total. The topological polar surface area (TPSA) is 55.1 Å². The van der Waals surface area contributed by atoms with Crippen molar-refractivity contribution in [3.05, 3.63) is 59.1 Å². The number of halogens is 2. The van der Waals surface area contributed by atoms with Gasteiger partial charge in [-0.2, -0.15) is 0 Å². The van der Waals surface area contributed by atoms with Gasteiger partial charge in [0.1, 0.15) is 11.6 Å². The number of hydrogen-bond donors (Lipinski definition) is 1. The molecule has 0 spiro atoms. The molecule has 1 amide bonds. The lowest BCUT2D eigenvalue weighted by atomic mass is 9.81. The van der Waals surface area contributed by atoms with Gasteiger partial charge in [0.15, 0.2) is 5.76 Å². The highest BCUT2D eigenvalue weighted by Gasteiger charge is 2.22. The molecule has 150 valence electrons. The average Bonchev–Trinajstić information content (AvgIpc) is 3.24. The van der Waals surface area contributed by atoms with Gasteiger partial charge >= 0.3 is 0 Å². The van der Waals surface area contributed by atoms with Crippen LogP contribution >= 0.6 is 23.2 Å². The number of nitrogens with one attached hydrogen (secondary N) is 1. The van der Waals surface area contributed by atoms with Crippen molar-refractivity contribution in [1.29, 1.82) is 0 Å². The number of benzene rings is 2. The number of nitrogens with zero attached hydrogens (tertiary/aromatic N) is 1. The molecule has 0 bridgehead atoms. The fraction of sp³-hybridized carbons (Fsp3) is 0.304. The van der Waals surface area contributed by atoms with Crippen molar-refractivity contribution in [2.45, 2.75) is 38.0 Å². The number of amides is 1. The van der Waals surface area contributed by atoms with Crippen LogP contribution in [-0.2, 0) is 4.79 Å². The standard InChI is InChI=1S/C23H22Cl2N2O2/c24-14-22(28)26-17-9-4-8-16(12-17)21-13-20(27-29-21)23-18(10-5-11-19(23)25)15-6-2-1-3-7-15/h4-5,8-13,15H,1-3,6-7,14H2,(H,26,28). The Balaban J connectivity index is 1.67. The van der Waals surface area contributed by atoms with Crippen LogP contribution in [0.1, 0.15) is 43.6 Å². The van der Waals surface area contributed by atoms with Gasteiger partial charge < -0.3 is 9.84 Å². The van der Waals surface area contributed by atoms with Gasteiger partial charge in [-0.3, -0.25) is 4.79 Å². The monoisotopic (exact) mass is 428 g/mol. The van der Waals surface area contributed by atoms with E-state index in [2.05, 4.69) is 16.5 Å². The molecule has 0 aliphatic heterocycles. The summed E-state index contributed by atoms with van der Waals surface area (Å²) in [6, 6.07) is 15.4. The zero-order valence-corrected chi connectivity index (χ0v) is 17.5. The molecule has 0 saturated heterocycles. The number of anilines is 1. The van der Waals surface area contributed by atoms with Crippen LogP contribution in [0.25, 0.3) is 22.6 Å². The van der Waals surface area contributed by atoms with E-state index in [1.54, 1.807) is 6.07 Å².